The molecule has 1 fully saturated rings. The zero-order chi connectivity index (χ0) is 12.1. The summed E-state index contributed by atoms with van der Waals surface area (Å²) < 4.78 is 5.73. The van der Waals surface area contributed by atoms with E-state index in [1.807, 2.05) is 6.92 Å². The fourth-order valence-electron chi connectivity index (χ4n) is 2.74. The molecule has 17 heavy (non-hydrogen) atoms. The van der Waals surface area contributed by atoms with Crippen molar-refractivity contribution in [2.24, 2.45) is 5.92 Å². The van der Waals surface area contributed by atoms with Crippen LogP contribution in [0.4, 0.5) is 0 Å². The van der Waals surface area contributed by atoms with Crippen molar-refractivity contribution in [2.75, 3.05) is 19.7 Å². The summed E-state index contributed by atoms with van der Waals surface area (Å²) in [6.45, 7) is 7.45. The molecule has 2 rings (SSSR count). The number of para-hydroxylation sites is 1. The molecule has 1 N–H and O–H groups in total. The highest BCUT2D eigenvalue weighted by Gasteiger charge is 2.23. The first-order chi connectivity index (χ1) is 8.33. The maximum absolute atomic E-state index is 5.73. The minimum Gasteiger partial charge on any atom is -0.494 e. The Bertz CT molecular complexity index is 345. The summed E-state index contributed by atoms with van der Waals surface area (Å²) >= 11 is 0. The van der Waals surface area contributed by atoms with E-state index >= 15 is 0 Å². The summed E-state index contributed by atoms with van der Waals surface area (Å²) in [6.07, 6.45) is 2.56. The van der Waals surface area contributed by atoms with E-state index in [1.54, 1.807) is 0 Å². The van der Waals surface area contributed by atoms with E-state index in [1.165, 1.54) is 18.4 Å². The summed E-state index contributed by atoms with van der Waals surface area (Å²) in [5, 5.41) is 3.43. The van der Waals surface area contributed by atoms with E-state index in [0.29, 0.717) is 5.92 Å². The van der Waals surface area contributed by atoms with Gasteiger partial charge in [-0.25, -0.2) is 0 Å². The predicted molar refractivity (Wildman–Crippen MR) is 71.6 cm³/mol. The van der Waals surface area contributed by atoms with E-state index in [2.05, 4.69) is 36.5 Å². The van der Waals surface area contributed by atoms with Gasteiger partial charge >= 0.3 is 0 Å². The van der Waals surface area contributed by atoms with Crippen LogP contribution in [0.2, 0.25) is 0 Å². The third-order valence-electron chi connectivity index (χ3n) is 3.80. The second-order valence-electron chi connectivity index (χ2n) is 4.85. The number of rotatable bonds is 4. The number of hydrogen-bond donors (Lipinski definition) is 1. The Hall–Kier alpha value is -1.02. The second-order valence-corrected chi connectivity index (χ2v) is 4.85. The molecule has 0 amide bonds. The number of nitrogens with one attached hydrogen (secondary N) is 1. The Balaban J connectivity index is 2.14. The number of hydrogen-bond acceptors (Lipinski definition) is 2. The topological polar surface area (TPSA) is 21.3 Å². The summed E-state index contributed by atoms with van der Waals surface area (Å²) in [5.74, 6) is 2.46. The minimum atomic E-state index is 0.597. The molecular formula is C15H23NO. The monoisotopic (exact) mass is 233 g/mol. The van der Waals surface area contributed by atoms with Crippen molar-refractivity contribution >= 4 is 0 Å². The smallest absolute Gasteiger partial charge is 0.122 e. The van der Waals surface area contributed by atoms with Gasteiger partial charge in [0.25, 0.3) is 0 Å². The summed E-state index contributed by atoms with van der Waals surface area (Å²) in [5.41, 5.74) is 1.38. The highest BCUT2D eigenvalue weighted by molar-refractivity contribution is 5.36. The second kappa shape index (κ2) is 6.06. The molecule has 0 aliphatic carbocycles. The molecule has 0 saturated carbocycles. The molecule has 1 aliphatic rings. The van der Waals surface area contributed by atoms with Gasteiger partial charge in [-0.2, -0.15) is 0 Å². The number of ether oxygens (including phenoxy) is 1. The van der Waals surface area contributed by atoms with Crippen molar-refractivity contribution < 1.29 is 4.74 Å². The Morgan fingerprint density at radius 3 is 2.71 bits per heavy atom. The molecule has 1 aromatic rings. The van der Waals surface area contributed by atoms with Gasteiger partial charge in [0.2, 0.25) is 0 Å². The van der Waals surface area contributed by atoms with Gasteiger partial charge in [-0.05, 0) is 56.3 Å². The largest absolute Gasteiger partial charge is 0.494 e. The van der Waals surface area contributed by atoms with Crippen LogP contribution in [0.3, 0.4) is 0 Å². The molecule has 2 heteroatoms. The Morgan fingerprint density at radius 1 is 1.29 bits per heavy atom. The third-order valence-corrected chi connectivity index (χ3v) is 3.80. The Labute approximate surface area is 104 Å². The molecule has 1 heterocycles. The van der Waals surface area contributed by atoms with Gasteiger partial charge in [0.05, 0.1) is 6.61 Å². The van der Waals surface area contributed by atoms with Crippen molar-refractivity contribution in [1.82, 2.24) is 5.32 Å². The van der Waals surface area contributed by atoms with E-state index in [0.717, 1.165) is 31.4 Å². The zero-order valence-electron chi connectivity index (χ0n) is 10.9. The molecule has 0 bridgehead atoms. The van der Waals surface area contributed by atoms with Crippen LogP contribution in [-0.2, 0) is 0 Å². The first-order valence-electron chi connectivity index (χ1n) is 6.75. The van der Waals surface area contributed by atoms with E-state index in [4.69, 9.17) is 4.74 Å². The molecule has 2 nitrogen and oxygen atoms in total. The van der Waals surface area contributed by atoms with Crippen LogP contribution in [0, 0.1) is 5.92 Å². The van der Waals surface area contributed by atoms with Crippen molar-refractivity contribution in [3.8, 4) is 5.75 Å². The fraction of sp³-hybridized carbons (Fsp3) is 0.600. The highest BCUT2D eigenvalue weighted by Crippen LogP contribution is 2.35. The van der Waals surface area contributed by atoms with Crippen molar-refractivity contribution in [3.63, 3.8) is 0 Å². The molecule has 1 atom stereocenters. The first-order valence-corrected chi connectivity index (χ1v) is 6.75. The molecule has 0 spiro atoms. The molecule has 1 aromatic carbocycles. The lowest BCUT2D eigenvalue weighted by molar-refractivity contribution is 0.306. The third kappa shape index (κ3) is 3.01. The maximum Gasteiger partial charge on any atom is 0.122 e. The average molecular weight is 233 g/mol. The Morgan fingerprint density at radius 2 is 2.00 bits per heavy atom. The van der Waals surface area contributed by atoms with Crippen LogP contribution in [-0.4, -0.2) is 19.7 Å². The first kappa shape index (κ1) is 12.4. The lowest BCUT2D eigenvalue weighted by Gasteiger charge is -2.29. The maximum atomic E-state index is 5.73. The van der Waals surface area contributed by atoms with Crippen LogP contribution >= 0.6 is 0 Å². The van der Waals surface area contributed by atoms with Crippen molar-refractivity contribution in [1.29, 1.82) is 0 Å². The predicted octanol–water partition coefficient (Wildman–Crippen LogP) is 3.19. The zero-order valence-corrected chi connectivity index (χ0v) is 10.9. The van der Waals surface area contributed by atoms with E-state index in [-0.39, 0.29) is 0 Å². The SMILES string of the molecule is CCOc1ccccc1C(C)C1CCNCC1. The highest BCUT2D eigenvalue weighted by atomic mass is 16.5. The van der Waals surface area contributed by atoms with Crippen LogP contribution in [0.5, 0.6) is 5.75 Å². The molecule has 0 aromatic heterocycles. The van der Waals surface area contributed by atoms with Crippen LogP contribution in [0.25, 0.3) is 0 Å². The normalized spacial score (nSPS) is 18.9. The van der Waals surface area contributed by atoms with Gasteiger partial charge in [-0.15, -0.1) is 0 Å². The summed E-state index contributed by atoms with van der Waals surface area (Å²) in [4.78, 5) is 0. The molecule has 0 radical (unpaired) electrons. The molecular weight excluding hydrogens is 210 g/mol. The lowest BCUT2D eigenvalue weighted by atomic mass is 9.81. The molecule has 1 aliphatic heterocycles. The quantitative estimate of drug-likeness (QED) is 0.862. The van der Waals surface area contributed by atoms with Gasteiger partial charge in [0, 0.05) is 0 Å². The van der Waals surface area contributed by atoms with Crippen LogP contribution in [0.1, 0.15) is 38.2 Å². The van der Waals surface area contributed by atoms with Gasteiger partial charge in [-0.1, -0.05) is 25.1 Å². The van der Waals surface area contributed by atoms with Gasteiger partial charge in [0.15, 0.2) is 0 Å². The molecule has 1 unspecified atom stereocenters. The Kier molecular flexibility index (Phi) is 4.43. The summed E-state index contributed by atoms with van der Waals surface area (Å²) in [7, 11) is 0. The summed E-state index contributed by atoms with van der Waals surface area (Å²) in [6, 6.07) is 8.49. The number of benzene rings is 1. The van der Waals surface area contributed by atoms with Gasteiger partial charge in [0.1, 0.15) is 5.75 Å². The van der Waals surface area contributed by atoms with E-state index < -0.39 is 0 Å². The molecule has 94 valence electrons. The van der Waals surface area contributed by atoms with Crippen LogP contribution in [0.15, 0.2) is 24.3 Å². The van der Waals surface area contributed by atoms with Crippen LogP contribution < -0.4 is 10.1 Å². The standard InChI is InChI=1S/C15H23NO/c1-3-17-15-7-5-4-6-14(15)12(2)13-8-10-16-11-9-13/h4-7,12-13,16H,3,8-11H2,1-2H3. The lowest BCUT2D eigenvalue weighted by Crippen LogP contribution is -2.30. The van der Waals surface area contributed by atoms with Gasteiger partial charge < -0.3 is 10.1 Å². The van der Waals surface area contributed by atoms with Crippen molar-refractivity contribution in [2.45, 2.75) is 32.6 Å². The fourth-order valence-corrected chi connectivity index (χ4v) is 2.74. The number of piperidine rings is 1. The van der Waals surface area contributed by atoms with Crippen molar-refractivity contribution in [3.05, 3.63) is 29.8 Å². The van der Waals surface area contributed by atoms with E-state index in [9.17, 15) is 0 Å². The molecule has 1 saturated heterocycles. The van der Waals surface area contributed by atoms with Gasteiger partial charge in [-0.3, -0.25) is 0 Å². The average Bonchev–Trinajstić information content (AvgIpc) is 2.40. The minimum absolute atomic E-state index is 0.597.